The minimum Gasteiger partial charge on any atom is -0.370 e. The number of sulfonamides is 1. The van der Waals surface area contributed by atoms with Gasteiger partial charge in [-0.3, -0.25) is 4.79 Å². The molecule has 1 aliphatic carbocycles. The number of anilines is 2. The summed E-state index contributed by atoms with van der Waals surface area (Å²) in [4.78, 5) is 14.0. The number of aryl methyl sites for hydroxylation is 1. The van der Waals surface area contributed by atoms with Crippen molar-refractivity contribution in [1.82, 2.24) is 4.72 Å². The number of benzene rings is 2. The van der Waals surface area contributed by atoms with E-state index in [4.69, 9.17) is 11.6 Å². The highest BCUT2D eigenvalue weighted by molar-refractivity contribution is 7.89. The van der Waals surface area contributed by atoms with Crippen molar-refractivity contribution in [3.8, 4) is 0 Å². The smallest absolute Gasteiger partial charge is 0.243 e. The Morgan fingerprint density at radius 3 is 2.63 bits per heavy atom. The molecule has 2 aliphatic rings. The molecule has 1 saturated heterocycles. The van der Waals surface area contributed by atoms with E-state index in [-0.39, 0.29) is 22.7 Å². The van der Waals surface area contributed by atoms with Crippen LogP contribution >= 0.6 is 11.6 Å². The van der Waals surface area contributed by atoms with Crippen molar-refractivity contribution in [3.05, 3.63) is 53.6 Å². The molecular weight excluding hydrogens is 422 g/mol. The van der Waals surface area contributed by atoms with Gasteiger partial charge in [0.1, 0.15) is 10.8 Å². The Morgan fingerprint density at radius 2 is 1.87 bits per heavy atom. The van der Waals surface area contributed by atoms with Crippen molar-refractivity contribution in [2.75, 3.05) is 29.2 Å². The van der Waals surface area contributed by atoms with E-state index in [1.165, 1.54) is 11.6 Å². The molecule has 4 rings (SSSR count). The van der Waals surface area contributed by atoms with Crippen LogP contribution in [0.5, 0.6) is 0 Å². The van der Waals surface area contributed by atoms with E-state index in [0.29, 0.717) is 11.4 Å². The molecule has 1 fully saturated rings. The van der Waals surface area contributed by atoms with Crippen molar-refractivity contribution >= 4 is 38.9 Å². The fourth-order valence-corrected chi connectivity index (χ4v) is 5.92. The van der Waals surface area contributed by atoms with Crippen LogP contribution < -0.4 is 14.9 Å². The molecular formula is C22H26ClN3O3S. The van der Waals surface area contributed by atoms with E-state index < -0.39 is 10.0 Å². The van der Waals surface area contributed by atoms with Crippen molar-refractivity contribution in [2.45, 2.75) is 43.0 Å². The van der Waals surface area contributed by atoms with E-state index >= 15 is 0 Å². The summed E-state index contributed by atoms with van der Waals surface area (Å²) in [5, 5.41) is 2.66. The first-order valence-electron chi connectivity index (χ1n) is 10.3. The highest BCUT2D eigenvalue weighted by Gasteiger charge is 2.29. The second-order valence-corrected chi connectivity index (χ2v) is 9.77. The molecule has 2 aromatic carbocycles. The average Bonchev–Trinajstić information content (AvgIpc) is 3.28. The molecule has 0 unspecified atom stereocenters. The quantitative estimate of drug-likeness (QED) is 0.660. The molecule has 0 radical (unpaired) electrons. The van der Waals surface area contributed by atoms with Gasteiger partial charge in [0, 0.05) is 24.8 Å². The maximum Gasteiger partial charge on any atom is 0.243 e. The van der Waals surface area contributed by atoms with E-state index in [9.17, 15) is 13.2 Å². The second kappa shape index (κ2) is 8.96. The number of fused-ring (bicyclic) bond motifs is 1. The predicted octanol–water partition coefficient (Wildman–Crippen LogP) is 3.82. The fourth-order valence-electron chi connectivity index (χ4n) is 4.35. The van der Waals surface area contributed by atoms with Gasteiger partial charge in [-0.2, -0.15) is 0 Å². The van der Waals surface area contributed by atoms with E-state index in [1.54, 1.807) is 12.1 Å². The van der Waals surface area contributed by atoms with Gasteiger partial charge in [0.05, 0.1) is 5.69 Å². The number of carbonyl (C=O) groups excluding carboxylic acids is 1. The van der Waals surface area contributed by atoms with Crippen molar-refractivity contribution in [3.63, 3.8) is 0 Å². The third-order valence-electron chi connectivity index (χ3n) is 5.77. The van der Waals surface area contributed by atoms with Crippen molar-refractivity contribution < 1.29 is 13.2 Å². The number of halogens is 1. The molecule has 2 N–H and O–H groups in total. The monoisotopic (exact) mass is 447 g/mol. The first-order chi connectivity index (χ1) is 14.5. The first-order valence-corrected chi connectivity index (χ1v) is 12.3. The van der Waals surface area contributed by atoms with Crippen molar-refractivity contribution in [2.24, 2.45) is 0 Å². The van der Waals surface area contributed by atoms with Crippen LogP contribution in [0.1, 0.15) is 42.9 Å². The molecule has 6 nitrogen and oxygen atoms in total. The highest BCUT2D eigenvalue weighted by atomic mass is 35.5. The normalized spacial score (nSPS) is 18.8. The molecule has 1 heterocycles. The molecule has 0 spiro atoms. The standard InChI is InChI=1S/C22H26ClN3O3S/c23-15-22(27)24-17-10-11-20(26-12-3-4-13-26)21(14-17)30(28,29)25-19-9-5-7-16-6-1-2-8-18(16)19/h1-2,6,8,10-11,14,19,25H,3-5,7,9,12-13,15H2,(H,24,27)/t19-/m0/s1. The molecule has 1 amide bonds. The minimum absolute atomic E-state index is 0.187. The Labute approximate surface area is 182 Å². The zero-order valence-electron chi connectivity index (χ0n) is 16.7. The summed E-state index contributed by atoms with van der Waals surface area (Å²) in [5.74, 6) is -0.560. The molecule has 1 atom stereocenters. The van der Waals surface area contributed by atoms with Gasteiger partial charge < -0.3 is 10.2 Å². The first kappa shape index (κ1) is 21.2. The van der Waals surface area contributed by atoms with Crippen LogP contribution in [0.2, 0.25) is 0 Å². The highest BCUT2D eigenvalue weighted by Crippen LogP contribution is 2.34. The lowest BCUT2D eigenvalue weighted by Gasteiger charge is -2.28. The van der Waals surface area contributed by atoms with Crippen LogP contribution in [-0.2, 0) is 21.2 Å². The number of nitrogens with one attached hydrogen (secondary N) is 2. The third kappa shape index (κ3) is 4.48. The SMILES string of the molecule is O=C(CCl)Nc1ccc(N2CCCC2)c(S(=O)(=O)N[C@H]2CCCc3ccccc32)c1. The lowest BCUT2D eigenvalue weighted by Crippen LogP contribution is -2.32. The van der Waals surface area contributed by atoms with Gasteiger partial charge in [0.25, 0.3) is 0 Å². The topological polar surface area (TPSA) is 78.5 Å². The summed E-state index contributed by atoms with van der Waals surface area (Å²) in [5.41, 5.74) is 3.34. The number of carbonyl (C=O) groups is 1. The van der Waals surface area contributed by atoms with Gasteiger partial charge in [0.2, 0.25) is 15.9 Å². The van der Waals surface area contributed by atoms with Gasteiger partial charge in [-0.15, -0.1) is 11.6 Å². The Hall–Kier alpha value is -2.09. The zero-order valence-corrected chi connectivity index (χ0v) is 18.3. The average molecular weight is 448 g/mol. The summed E-state index contributed by atoms with van der Waals surface area (Å²) < 4.78 is 30.0. The zero-order chi connectivity index (χ0) is 21.1. The lowest BCUT2D eigenvalue weighted by atomic mass is 9.88. The summed E-state index contributed by atoms with van der Waals surface area (Å²) in [7, 11) is -3.81. The van der Waals surface area contributed by atoms with Crippen LogP contribution in [0.4, 0.5) is 11.4 Å². The number of rotatable bonds is 6. The maximum atomic E-state index is 13.5. The predicted molar refractivity (Wildman–Crippen MR) is 120 cm³/mol. The van der Waals surface area contributed by atoms with Gasteiger partial charge in [-0.05, 0) is 61.4 Å². The second-order valence-electron chi connectivity index (χ2n) is 7.82. The Balaban J connectivity index is 1.69. The van der Waals surface area contributed by atoms with Crippen LogP contribution in [0.25, 0.3) is 0 Å². The van der Waals surface area contributed by atoms with Crippen molar-refractivity contribution in [1.29, 1.82) is 0 Å². The number of hydrogen-bond acceptors (Lipinski definition) is 4. The summed E-state index contributed by atoms with van der Waals surface area (Å²) in [6.07, 6.45) is 4.74. The lowest BCUT2D eigenvalue weighted by molar-refractivity contribution is -0.113. The largest absolute Gasteiger partial charge is 0.370 e. The van der Waals surface area contributed by atoms with Gasteiger partial charge in [-0.25, -0.2) is 13.1 Å². The van der Waals surface area contributed by atoms with Gasteiger partial charge in [0.15, 0.2) is 0 Å². The van der Waals surface area contributed by atoms with E-state index in [0.717, 1.165) is 50.8 Å². The minimum atomic E-state index is -3.81. The maximum absolute atomic E-state index is 13.5. The number of amides is 1. The number of nitrogens with zero attached hydrogens (tertiary/aromatic N) is 1. The number of alkyl halides is 1. The molecule has 2 aromatic rings. The van der Waals surface area contributed by atoms with Gasteiger partial charge >= 0.3 is 0 Å². The molecule has 8 heteroatoms. The molecule has 30 heavy (non-hydrogen) atoms. The van der Waals surface area contributed by atoms with Crippen LogP contribution in [0.3, 0.4) is 0 Å². The molecule has 0 bridgehead atoms. The summed E-state index contributed by atoms with van der Waals surface area (Å²) in [6, 6.07) is 12.8. The third-order valence-corrected chi connectivity index (χ3v) is 7.51. The summed E-state index contributed by atoms with van der Waals surface area (Å²) in [6.45, 7) is 1.64. The Morgan fingerprint density at radius 1 is 1.10 bits per heavy atom. The Kier molecular flexibility index (Phi) is 6.32. The van der Waals surface area contributed by atoms with Crippen LogP contribution in [0.15, 0.2) is 47.4 Å². The van der Waals surface area contributed by atoms with Crippen LogP contribution in [0, 0.1) is 0 Å². The fraction of sp³-hybridized carbons (Fsp3) is 0.409. The van der Waals surface area contributed by atoms with E-state index in [2.05, 4.69) is 21.0 Å². The molecule has 1 aliphatic heterocycles. The Bertz CT molecular complexity index is 1040. The molecule has 160 valence electrons. The van der Waals surface area contributed by atoms with E-state index in [1.807, 2.05) is 18.2 Å². The van der Waals surface area contributed by atoms with Gasteiger partial charge in [-0.1, -0.05) is 24.3 Å². The number of hydrogen-bond donors (Lipinski definition) is 2. The molecule has 0 aromatic heterocycles. The molecule has 0 saturated carbocycles. The summed E-state index contributed by atoms with van der Waals surface area (Å²) >= 11 is 5.59. The van der Waals surface area contributed by atoms with Crippen LogP contribution in [-0.4, -0.2) is 33.3 Å².